The predicted molar refractivity (Wildman–Crippen MR) is 87.6 cm³/mol. The average molecular weight is 327 g/mol. The van der Waals surface area contributed by atoms with Crippen LogP contribution in [-0.4, -0.2) is 31.7 Å². The van der Waals surface area contributed by atoms with Crippen molar-refractivity contribution in [3.8, 4) is 5.75 Å². The SMILES string of the molecule is CCOc1ccccc1CS(=O)(=O)C(C)C(=O)NC(C)(C)C. The number of rotatable bonds is 6. The van der Waals surface area contributed by atoms with E-state index in [0.29, 0.717) is 17.9 Å². The first-order valence-electron chi connectivity index (χ1n) is 7.31. The molecule has 22 heavy (non-hydrogen) atoms. The fraction of sp³-hybridized carbons (Fsp3) is 0.562. The first kappa shape index (κ1) is 18.5. The Hall–Kier alpha value is -1.56. The largest absolute Gasteiger partial charge is 0.494 e. The molecular weight excluding hydrogens is 302 g/mol. The number of para-hydroxylation sites is 1. The van der Waals surface area contributed by atoms with Crippen molar-refractivity contribution in [1.82, 2.24) is 5.32 Å². The van der Waals surface area contributed by atoms with Crippen molar-refractivity contribution in [2.45, 2.75) is 51.2 Å². The second kappa shape index (κ2) is 7.13. The lowest BCUT2D eigenvalue weighted by molar-refractivity contribution is -0.121. The minimum Gasteiger partial charge on any atom is -0.494 e. The van der Waals surface area contributed by atoms with E-state index in [9.17, 15) is 13.2 Å². The van der Waals surface area contributed by atoms with Gasteiger partial charge in [-0.05, 0) is 40.7 Å². The minimum absolute atomic E-state index is 0.220. The van der Waals surface area contributed by atoms with Crippen molar-refractivity contribution >= 4 is 15.7 Å². The van der Waals surface area contributed by atoms with Crippen molar-refractivity contribution < 1.29 is 17.9 Å². The molecule has 1 amide bonds. The Morgan fingerprint density at radius 1 is 1.27 bits per heavy atom. The summed E-state index contributed by atoms with van der Waals surface area (Å²) in [6.45, 7) is 9.15. The summed E-state index contributed by atoms with van der Waals surface area (Å²) in [6, 6.07) is 6.98. The van der Waals surface area contributed by atoms with Crippen LogP contribution in [-0.2, 0) is 20.4 Å². The number of hydrogen-bond acceptors (Lipinski definition) is 4. The van der Waals surface area contributed by atoms with Crippen molar-refractivity contribution in [3.63, 3.8) is 0 Å². The molecule has 0 radical (unpaired) electrons. The normalized spacial score (nSPS) is 13.5. The molecule has 0 aromatic heterocycles. The van der Waals surface area contributed by atoms with Gasteiger partial charge in [0.15, 0.2) is 9.84 Å². The van der Waals surface area contributed by atoms with Gasteiger partial charge in [0.05, 0.1) is 12.4 Å². The maximum atomic E-state index is 12.5. The number of amides is 1. The van der Waals surface area contributed by atoms with E-state index in [1.54, 1.807) is 24.3 Å². The van der Waals surface area contributed by atoms with Crippen LogP contribution in [0, 0.1) is 0 Å². The van der Waals surface area contributed by atoms with E-state index in [-0.39, 0.29) is 5.75 Å². The van der Waals surface area contributed by atoms with Crippen molar-refractivity contribution in [1.29, 1.82) is 0 Å². The number of sulfone groups is 1. The van der Waals surface area contributed by atoms with Gasteiger partial charge >= 0.3 is 0 Å². The summed E-state index contributed by atoms with van der Waals surface area (Å²) in [5.41, 5.74) is 0.101. The first-order valence-corrected chi connectivity index (χ1v) is 9.02. The quantitative estimate of drug-likeness (QED) is 0.870. The molecule has 6 heteroatoms. The summed E-state index contributed by atoms with van der Waals surface area (Å²) in [7, 11) is -3.62. The third-order valence-corrected chi connectivity index (χ3v) is 5.04. The molecule has 0 aliphatic rings. The predicted octanol–water partition coefficient (Wildman–Crippen LogP) is 2.30. The van der Waals surface area contributed by atoms with Crippen LogP contribution in [0.15, 0.2) is 24.3 Å². The van der Waals surface area contributed by atoms with Gasteiger partial charge in [0.2, 0.25) is 5.91 Å². The zero-order chi connectivity index (χ0) is 17.0. The van der Waals surface area contributed by atoms with Crippen LogP contribution < -0.4 is 10.1 Å². The Kier molecular flexibility index (Phi) is 6.00. The molecule has 0 aliphatic carbocycles. The zero-order valence-electron chi connectivity index (χ0n) is 13.8. The highest BCUT2D eigenvalue weighted by Crippen LogP contribution is 2.22. The van der Waals surface area contributed by atoms with Crippen LogP contribution in [0.3, 0.4) is 0 Å². The second-order valence-corrected chi connectivity index (χ2v) is 8.55. The average Bonchev–Trinajstić information content (AvgIpc) is 2.38. The van der Waals surface area contributed by atoms with Crippen LogP contribution in [0.5, 0.6) is 5.75 Å². The summed E-state index contributed by atoms with van der Waals surface area (Å²) in [5.74, 6) is -0.166. The highest BCUT2D eigenvalue weighted by molar-refractivity contribution is 7.92. The first-order chi connectivity index (χ1) is 10.1. The molecule has 0 fully saturated rings. The van der Waals surface area contributed by atoms with Crippen LogP contribution >= 0.6 is 0 Å². The Labute approximate surface area is 133 Å². The smallest absolute Gasteiger partial charge is 0.238 e. The molecule has 0 saturated heterocycles. The lowest BCUT2D eigenvalue weighted by atomic mass is 10.1. The summed E-state index contributed by atoms with van der Waals surface area (Å²) < 4.78 is 30.4. The van der Waals surface area contributed by atoms with Crippen LogP contribution in [0.2, 0.25) is 0 Å². The van der Waals surface area contributed by atoms with Crippen LogP contribution in [0.4, 0.5) is 0 Å². The van der Waals surface area contributed by atoms with Gasteiger partial charge in [0, 0.05) is 11.1 Å². The number of ether oxygens (including phenoxy) is 1. The highest BCUT2D eigenvalue weighted by atomic mass is 32.2. The molecular formula is C16H25NO4S. The van der Waals surface area contributed by atoms with Crippen molar-refractivity contribution in [3.05, 3.63) is 29.8 Å². The van der Waals surface area contributed by atoms with E-state index in [0.717, 1.165) is 0 Å². The van der Waals surface area contributed by atoms with Crippen molar-refractivity contribution in [2.24, 2.45) is 0 Å². The molecule has 124 valence electrons. The molecule has 1 atom stereocenters. The molecule has 5 nitrogen and oxygen atoms in total. The molecule has 0 heterocycles. The molecule has 0 aliphatic heterocycles. The molecule has 1 aromatic carbocycles. The fourth-order valence-electron chi connectivity index (χ4n) is 1.90. The molecule has 0 spiro atoms. The molecule has 1 N–H and O–H groups in total. The number of nitrogens with one attached hydrogen (secondary N) is 1. The van der Waals surface area contributed by atoms with E-state index >= 15 is 0 Å². The van der Waals surface area contributed by atoms with Gasteiger partial charge < -0.3 is 10.1 Å². The Bertz CT molecular complexity index is 617. The van der Waals surface area contributed by atoms with Gasteiger partial charge in [0.25, 0.3) is 0 Å². The Morgan fingerprint density at radius 2 is 1.86 bits per heavy atom. The monoisotopic (exact) mass is 327 g/mol. The van der Waals surface area contributed by atoms with Gasteiger partial charge in [-0.15, -0.1) is 0 Å². The number of hydrogen-bond donors (Lipinski definition) is 1. The van der Waals surface area contributed by atoms with E-state index < -0.39 is 26.5 Å². The second-order valence-electron chi connectivity index (χ2n) is 6.23. The number of carbonyl (C=O) groups excluding carboxylic acids is 1. The van der Waals surface area contributed by atoms with Crippen LogP contribution in [0.25, 0.3) is 0 Å². The third-order valence-electron chi connectivity index (χ3n) is 3.04. The van der Waals surface area contributed by atoms with Gasteiger partial charge in [-0.2, -0.15) is 0 Å². The summed E-state index contributed by atoms with van der Waals surface area (Å²) in [4.78, 5) is 12.1. The molecule has 0 saturated carbocycles. The van der Waals surface area contributed by atoms with Gasteiger partial charge in [0.1, 0.15) is 11.0 Å². The molecule has 1 unspecified atom stereocenters. The highest BCUT2D eigenvalue weighted by Gasteiger charge is 2.31. The summed E-state index contributed by atoms with van der Waals surface area (Å²) >= 11 is 0. The van der Waals surface area contributed by atoms with Gasteiger partial charge in [-0.25, -0.2) is 8.42 Å². The Morgan fingerprint density at radius 3 is 2.41 bits per heavy atom. The summed E-state index contributed by atoms with van der Waals surface area (Å²) in [5, 5.41) is 1.59. The Balaban J connectivity index is 2.94. The third kappa shape index (κ3) is 5.33. The van der Waals surface area contributed by atoms with E-state index in [4.69, 9.17) is 4.74 Å². The number of benzene rings is 1. The maximum absolute atomic E-state index is 12.5. The van der Waals surface area contributed by atoms with E-state index in [1.165, 1.54) is 6.92 Å². The topological polar surface area (TPSA) is 72.5 Å². The van der Waals surface area contributed by atoms with E-state index in [2.05, 4.69) is 5.32 Å². The number of carbonyl (C=O) groups is 1. The molecule has 0 bridgehead atoms. The standard InChI is InChI=1S/C16H25NO4S/c1-6-21-14-10-8-7-9-13(14)11-22(19,20)12(2)15(18)17-16(3,4)5/h7-10,12H,6,11H2,1-5H3,(H,17,18). The van der Waals surface area contributed by atoms with Crippen LogP contribution in [0.1, 0.15) is 40.2 Å². The summed E-state index contributed by atoms with van der Waals surface area (Å²) in [6.07, 6.45) is 0. The van der Waals surface area contributed by atoms with Gasteiger partial charge in [-0.3, -0.25) is 4.79 Å². The molecule has 1 aromatic rings. The maximum Gasteiger partial charge on any atom is 0.238 e. The van der Waals surface area contributed by atoms with Gasteiger partial charge in [-0.1, -0.05) is 18.2 Å². The van der Waals surface area contributed by atoms with E-state index in [1.807, 2.05) is 27.7 Å². The fourth-order valence-corrected chi connectivity index (χ4v) is 3.20. The lowest BCUT2D eigenvalue weighted by Crippen LogP contribution is -2.47. The lowest BCUT2D eigenvalue weighted by Gasteiger charge is -2.23. The molecule has 1 rings (SSSR count). The minimum atomic E-state index is -3.62. The zero-order valence-corrected chi connectivity index (χ0v) is 14.7. The van der Waals surface area contributed by atoms with Crippen molar-refractivity contribution in [2.75, 3.05) is 6.61 Å².